The smallest absolute Gasteiger partial charge is 0.234 e. The molecule has 2 amide bonds. The maximum absolute atomic E-state index is 12.8. The number of carbonyl (C=O) groups is 2. The number of likely N-dealkylation sites (tertiary alicyclic amines) is 1. The molecule has 162 valence electrons. The largest absolute Gasteiger partial charge is 0.284 e. The minimum absolute atomic E-state index is 0.0422. The van der Waals surface area contributed by atoms with Gasteiger partial charge in [-0.1, -0.05) is 60.7 Å². The Hall–Kier alpha value is -3.51. The van der Waals surface area contributed by atoms with Crippen LogP contribution < -0.4 is 0 Å². The second kappa shape index (κ2) is 8.55. The summed E-state index contributed by atoms with van der Waals surface area (Å²) >= 11 is 0. The number of rotatable bonds is 6. The molecule has 2 aliphatic rings. The van der Waals surface area contributed by atoms with Crippen LogP contribution in [0.15, 0.2) is 79.0 Å². The molecule has 6 nitrogen and oxygen atoms in total. The Kier molecular flexibility index (Phi) is 5.45. The number of fused-ring (bicyclic) bond motifs is 1. The van der Waals surface area contributed by atoms with E-state index in [1.165, 1.54) is 4.90 Å². The maximum Gasteiger partial charge on any atom is 0.234 e. The summed E-state index contributed by atoms with van der Waals surface area (Å²) in [5.74, 6) is -0.470. The predicted octanol–water partition coefficient (Wildman–Crippen LogP) is 3.88. The molecule has 1 aliphatic heterocycles. The Morgan fingerprint density at radius 3 is 2.12 bits per heavy atom. The van der Waals surface area contributed by atoms with Crippen LogP contribution in [0.4, 0.5) is 0 Å². The first-order chi connectivity index (χ1) is 15.6. The first-order valence-corrected chi connectivity index (χ1v) is 11.0. The SMILES string of the molecule is CN(Cc1cn(-c2ccccc2)nc1-c1ccccc1)CN1C(=O)C2CC=CCC2C1=O. The zero-order valence-corrected chi connectivity index (χ0v) is 18.1. The van der Waals surface area contributed by atoms with E-state index in [9.17, 15) is 9.59 Å². The van der Waals surface area contributed by atoms with Gasteiger partial charge in [-0.3, -0.25) is 19.4 Å². The molecule has 2 heterocycles. The van der Waals surface area contributed by atoms with E-state index in [0.29, 0.717) is 19.4 Å². The van der Waals surface area contributed by atoms with Gasteiger partial charge in [0, 0.05) is 23.9 Å². The zero-order valence-electron chi connectivity index (χ0n) is 18.1. The normalized spacial score (nSPS) is 20.2. The Morgan fingerprint density at radius 2 is 1.50 bits per heavy atom. The molecule has 6 heteroatoms. The van der Waals surface area contributed by atoms with Gasteiger partial charge in [0.15, 0.2) is 0 Å². The molecule has 1 fully saturated rings. The van der Waals surface area contributed by atoms with Gasteiger partial charge < -0.3 is 0 Å². The number of imide groups is 1. The molecule has 2 atom stereocenters. The van der Waals surface area contributed by atoms with Gasteiger partial charge >= 0.3 is 0 Å². The van der Waals surface area contributed by atoms with Crippen molar-refractivity contribution >= 4 is 11.8 Å². The number of allylic oxidation sites excluding steroid dienone is 2. The van der Waals surface area contributed by atoms with Gasteiger partial charge in [-0.15, -0.1) is 0 Å². The van der Waals surface area contributed by atoms with Crippen molar-refractivity contribution in [2.75, 3.05) is 13.7 Å². The fraction of sp³-hybridized carbons (Fsp3) is 0.269. The molecule has 0 spiro atoms. The lowest BCUT2D eigenvalue weighted by Crippen LogP contribution is -2.40. The molecule has 5 rings (SSSR count). The van der Waals surface area contributed by atoms with Crippen molar-refractivity contribution in [3.63, 3.8) is 0 Å². The van der Waals surface area contributed by atoms with Crippen LogP contribution in [0.3, 0.4) is 0 Å². The van der Waals surface area contributed by atoms with Gasteiger partial charge in [0.2, 0.25) is 11.8 Å². The number of carbonyl (C=O) groups excluding carboxylic acids is 2. The van der Waals surface area contributed by atoms with Crippen LogP contribution in [0.5, 0.6) is 0 Å². The highest BCUT2D eigenvalue weighted by atomic mass is 16.2. The third-order valence-corrected chi connectivity index (χ3v) is 6.28. The summed E-state index contributed by atoms with van der Waals surface area (Å²) in [7, 11) is 1.94. The Bertz CT molecular complexity index is 1130. The quantitative estimate of drug-likeness (QED) is 0.443. The minimum Gasteiger partial charge on any atom is -0.284 e. The van der Waals surface area contributed by atoms with Gasteiger partial charge in [0.1, 0.15) is 0 Å². The molecule has 1 aromatic heterocycles. The lowest BCUT2D eigenvalue weighted by atomic mass is 9.85. The van der Waals surface area contributed by atoms with Crippen LogP contribution in [0.2, 0.25) is 0 Å². The molecule has 1 aliphatic carbocycles. The highest BCUT2D eigenvalue weighted by Gasteiger charge is 2.47. The molecule has 0 bridgehead atoms. The topological polar surface area (TPSA) is 58.4 Å². The monoisotopic (exact) mass is 426 g/mol. The van der Waals surface area contributed by atoms with Gasteiger partial charge in [-0.05, 0) is 32.0 Å². The second-order valence-electron chi connectivity index (χ2n) is 8.56. The number of aromatic nitrogens is 2. The van der Waals surface area contributed by atoms with E-state index in [0.717, 1.165) is 22.5 Å². The highest BCUT2D eigenvalue weighted by Crippen LogP contribution is 2.35. The van der Waals surface area contributed by atoms with Gasteiger partial charge in [0.25, 0.3) is 0 Å². The van der Waals surface area contributed by atoms with Crippen LogP contribution in [0, 0.1) is 11.8 Å². The summed E-state index contributed by atoms with van der Waals surface area (Å²) in [5, 5.41) is 4.86. The second-order valence-corrected chi connectivity index (χ2v) is 8.56. The fourth-order valence-electron chi connectivity index (χ4n) is 4.67. The Balaban J connectivity index is 1.39. The molecule has 32 heavy (non-hydrogen) atoms. The van der Waals surface area contributed by atoms with Gasteiger partial charge in [-0.25, -0.2) is 4.68 Å². The molecule has 3 aromatic rings. The fourth-order valence-corrected chi connectivity index (χ4v) is 4.67. The zero-order chi connectivity index (χ0) is 22.1. The summed E-state index contributed by atoms with van der Waals surface area (Å²) in [4.78, 5) is 29.1. The van der Waals surface area contributed by atoms with E-state index in [-0.39, 0.29) is 30.3 Å². The first-order valence-electron chi connectivity index (χ1n) is 11.0. The Labute approximate surface area is 187 Å². The predicted molar refractivity (Wildman–Crippen MR) is 123 cm³/mol. The first kappa shape index (κ1) is 20.4. The number of amides is 2. The average molecular weight is 427 g/mol. The molecule has 0 saturated carbocycles. The van der Waals surface area contributed by atoms with Gasteiger partial charge in [0.05, 0.1) is 29.9 Å². The van der Waals surface area contributed by atoms with Crippen molar-refractivity contribution in [3.8, 4) is 16.9 Å². The third-order valence-electron chi connectivity index (χ3n) is 6.28. The average Bonchev–Trinajstić information content (AvgIpc) is 3.35. The summed E-state index contributed by atoms with van der Waals surface area (Å²) in [6.45, 7) is 0.858. The molecular formula is C26H26N4O2. The highest BCUT2D eigenvalue weighted by molar-refractivity contribution is 6.05. The molecule has 2 aromatic carbocycles. The van der Waals surface area contributed by atoms with Crippen LogP contribution in [-0.4, -0.2) is 45.1 Å². The van der Waals surface area contributed by atoms with Crippen molar-refractivity contribution in [2.45, 2.75) is 19.4 Å². The Morgan fingerprint density at radius 1 is 0.906 bits per heavy atom. The maximum atomic E-state index is 12.8. The van der Waals surface area contributed by atoms with E-state index in [1.807, 2.05) is 95.6 Å². The summed E-state index contributed by atoms with van der Waals surface area (Å²) in [5.41, 5.74) is 3.97. The molecular weight excluding hydrogens is 400 g/mol. The minimum atomic E-state index is -0.193. The summed E-state index contributed by atoms with van der Waals surface area (Å²) in [6, 6.07) is 20.1. The molecule has 0 radical (unpaired) electrons. The van der Waals surface area contributed by atoms with E-state index in [4.69, 9.17) is 5.10 Å². The number of para-hydroxylation sites is 1. The van der Waals surface area contributed by atoms with Crippen LogP contribution >= 0.6 is 0 Å². The van der Waals surface area contributed by atoms with Crippen molar-refractivity contribution in [1.29, 1.82) is 0 Å². The van der Waals surface area contributed by atoms with Crippen LogP contribution in [0.1, 0.15) is 18.4 Å². The van der Waals surface area contributed by atoms with E-state index < -0.39 is 0 Å². The molecule has 0 N–H and O–H groups in total. The van der Waals surface area contributed by atoms with E-state index in [2.05, 4.69) is 0 Å². The van der Waals surface area contributed by atoms with Crippen LogP contribution in [-0.2, 0) is 16.1 Å². The molecule has 1 saturated heterocycles. The number of hydrogen-bond acceptors (Lipinski definition) is 4. The van der Waals surface area contributed by atoms with Crippen molar-refractivity contribution in [2.24, 2.45) is 11.8 Å². The van der Waals surface area contributed by atoms with Crippen molar-refractivity contribution in [3.05, 3.63) is 84.6 Å². The number of benzene rings is 2. The summed E-state index contributed by atoms with van der Waals surface area (Å²) in [6.07, 6.45) is 7.40. The number of nitrogens with zero attached hydrogens (tertiary/aromatic N) is 4. The van der Waals surface area contributed by atoms with Crippen LogP contribution in [0.25, 0.3) is 16.9 Å². The van der Waals surface area contributed by atoms with Crippen molar-refractivity contribution < 1.29 is 9.59 Å². The third kappa shape index (κ3) is 3.78. The van der Waals surface area contributed by atoms with E-state index >= 15 is 0 Å². The van der Waals surface area contributed by atoms with E-state index in [1.54, 1.807) is 0 Å². The van der Waals surface area contributed by atoms with Gasteiger partial charge in [-0.2, -0.15) is 5.10 Å². The summed E-state index contributed by atoms with van der Waals surface area (Å²) < 4.78 is 1.89. The molecule has 2 unspecified atom stereocenters. The lowest BCUT2D eigenvalue weighted by Gasteiger charge is -2.23. The standard InChI is InChI=1S/C26H26N4O2/c1-28(18-29-25(31)22-14-8-9-15-23(22)26(29)32)16-20-17-30(21-12-6-3-7-13-21)27-24(20)19-10-4-2-5-11-19/h2-13,17,22-23H,14-16,18H2,1H3. The van der Waals surface area contributed by atoms with Crippen molar-refractivity contribution in [1.82, 2.24) is 19.6 Å². The lowest BCUT2D eigenvalue weighted by molar-refractivity contribution is -0.142. The number of hydrogen-bond donors (Lipinski definition) is 0.